The van der Waals surface area contributed by atoms with Crippen LogP contribution in [0.25, 0.3) is 12.2 Å². The number of aliphatic hydroxyl groups excluding tert-OH is 4. The summed E-state index contributed by atoms with van der Waals surface area (Å²) in [6, 6.07) is 11.7. The fourth-order valence-electron chi connectivity index (χ4n) is 3.70. The minimum absolute atomic E-state index is 0.160. The Morgan fingerprint density at radius 1 is 0.775 bits per heavy atom. The SMILES string of the molecule is CCOC(=O)COc1ccc(/C=C/c2cc(OCC(=O)OCC)cc(OC3O[C@H](CO)[C@@H](O)[C@H](O)[C@H]3O)c2)cc1. The van der Waals surface area contributed by atoms with Gasteiger partial charge < -0.3 is 48.8 Å². The molecule has 40 heavy (non-hydrogen) atoms. The van der Waals surface area contributed by atoms with Gasteiger partial charge in [0.2, 0.25) is 6.29 Å². The Balaban J connectivity index is 1.77. The van der Waals surface area contributed by atoms with E-state index < -0.39 is 49.3 Å². The lowest BCUT2D eigenvalue weighted by Gasteiger charge is -2.39. The van der Waals surface area contributed by atoms with Crippen LogP contribution < -0.4 is 14.2 Å². The van der Waals surface area contributed by atoms with Gasteiger partial charge in [0.1, 0.15) is 41.7 Å². The Morgan fingerprint density at radius 2 is 1.35 bits per heavy atom. The second-order valence-corrected chi connectivity index (χ2v) is 8.64. The highest BCUT2D eigenvalue weighted by Crippen LogP contribution is 2.29. The molecule has 2 aromatic rings. The van der Waals surface area contributed by atoms with Crippen molar-refractivity contribution in [2.24, 2.45) is 0 Å². The van der Waals surface area contributed by atoms with Crippen molar-refractivity contribution in [3.05, 3.63) is 53.6 Å². The maximum atomic E-state index is 11.8. The van der Waals surface area contributed by atoms with Gasteiger partial charge in [-0.05, 0) is 49.2 Å². The van der Waals surface area contributed by atoms with Gasteiger partial charge in [-0.1, -0.05) is 24.3 Å². The normalized spacial score (nSPS) is 22.5. The minimum atomic E-state index is -1.61. The average molecular weight is 563 g/mol. The first-order chi connectivity index (χ1) is 19.2. The molecule has 1 fully saturated rings. The highest BCUT2D eigenvalue weighted by molar-refractivity contribution is 5.73. The number of rotatable bonds is 13. The van der Waals surface area contributed by atoms with Crippen LogP contribution in [0.4, 0.5) is 0 Å². The van der Waals surface area contributed by atoms with Crippen molar-refractivity contribution >= 4 is 24.1 Å². The monoisotopic (exact) mass is 562 g/mol. The van der Waals surface area contributed by atoms with Gasteiger partial charge in [-0.2, -0.15) is 0 Å². The summed E-state index contributed by atoms with van der Waals surface area (Å²) < 4.78 is 31.8. The Hall–Kier alpha value is -3.68. The summed E-state index contributed by atoms with van der Waals surface area (Å²) in [7, 11) is 0. The summed E-state index contributed by atoms with van der Waals surface area (Å²) in [5, 5.41) is 39.9. The topological polar surface area (TPSA) is 170 Å². The van der Waals surface area contributed by atoms with Crippen molar-refractivity contribution in [3.8, 4) is 17.2 Å². The Labute approximate surface area is 231 Å². The second kappa shape index (κ2) is 15.2. The third-order valence-corrected chi connectivity index (χ3v) is 5.68. The first-order valence-corrected chi connectivity index (χ1v) is 12.7. The fraction of sp³-hybridized carbons (Fsp3) is 0.429. The van der Waals surface area contributed by atoms with Crippen molar-refractivity contribution in [1.29, 1.82) is 0 Å². The highest BCUT2D eigenvalue weighted by Gasteiger charge is 2.44. The van der Waals surface area contributed by atoms with Gasteiger partial charge in [-0.3, -0.25) is 0 Å². The summed E-state index contributed by atoms with van der Waals surface area (Å²) in [4.78, 5) is 23.2. The Morgan fingerprint density at radius 3 is 1.95 bits per heavy atom. The van der Waals surface area contributed by atoms with Crippen molar-refractivity contribution in [1.82, 2.24) is 0 Å². The van der Waals surface area contributed by atoms with Crippen LogP contribution in [0.15, 0.2) is 42.5 Å². The van der Waals surface area contributed by atoms with E-state index in [1.54, 1.807) is 62.4 Å². The lowest BCUT2D eigenvalue weighted by atomic mass is 9.99. The quantitative estimate of drug-likeness (QED) is 0.201. The summed E-state index contributed by atoms with van der Waals surface area (Å²) in [6.45, 7) is 2.71. The summed E-state index contributed by atoms with van der Waals surface area (Å²) in [5.74, 6) is -0.122. The first-order valence-electron chi connectivity index (χ1n) is 12.7. The van der Waals surface area contributed by atoms with Gasteiger partial charge in [0.15, 0.2) is 13.2 Å². The molecule has 0 aliphatic carbocycles. The van der Waals surface area contributed by atoms with E-state index in [0.29, 0.717) is 11.3 Å². The van der Waals surface area contributed by atoms with E-state index in [0.717, 1.165) is 5.56 Å². The molecule has 1 unspecified atom stereocenters. The molecular weight excluding hydrogens is 528 g/mol. The second-order valence-electron chi connectivity index (χ2n) is 8.64. The molecule has 5 atom stereocenters. The Kier molecular flexibility index (Phi) is 11.7. The van der Waals surface area contributed by atoms with Gasteiger partial charge in [-0.25, -0.2) is 9.59 Å². The lowest BCUT2D eigenvalue weighted by molar-refractivity contribution is -0.277. The zero-order valence-electron chi connectivity index (χ0n) is 22.2. The molecule has 0 saturated carbocycles. The van der Waals surface area contributed by atoms with Crippen LogP contribution in [0.1, 0.15) is 25.0 Å². The van der Waals surface area contributed by atoms with E-state index in [4.69, 9.17) is 28.4 Å². The molecule has 1 saturated heterocycles. The van der Waals surface area contributed by atoms with Crippen LogP contribution in [0.5, 0.6) is 17.2 Å². The van der Waals surface area contributed by atoms with Gasteiger partial charge in [0.05, 0.1) is 19.8 Å². The predicted octanol–water partition coefficient (Wildman–Crippen LogP) is 0.919. The van der Waals surface area contributed by atoms with Gasteiger partial charge >= 0.3 is 11.9 Å². The molecule has 1 aliphatic heterocycles. The van der Waals surface area contributed by atoms with E-state index in [1.807, 2.05) is 0 Å². The molecule has 0 bridgehead atoms. The van der Waals surface area contributed by atoms with E-state index in [9.17, 15) is 30.0 Å². The molecule has 218 valence electrons. The molecule has 2 aromatic carbocycles. The van der Waals surface area contributed by atoms with E-state index >= 15 is 0 Å². The Bertz CT molecular complexity index is 1130. The number of carbonyl (C=O) groups excluding carboxylic acids is 2. The molecule has 0 amide bonds. The first kappa shape index (κ1) is 30.9. The van der Waals surface area contributed by atoms with Gasteiger partial charge in [0, 0.05) is 6.07 Å². The number of hydrogen-bond acceptors (Lipinski definition) is 12. The summed E-state index contributed by atoms with van der Waals surface area (Å²) >= 11 is 0. The standard InChI is InChI=1S/C28H34O12/c1-3-35-23(30)15-37-19-9-7-17(8-10-19)5-6-18-11-20(38-16-24(31)36-4-2)13-21(12-18)39-28-27(34)26(33)25(32)22(14-29)40-28/h5-13,22,25-29,32-34H,3-4,14-16H2,1-2H3/b6-5+/t22-,25-,26+,27-,28?/m1/s1. The number of hydrogen-bond donors (Lipinski definition) is 4. The lowest BCUT2D eigenvalue weighted by Crippen LogP contribution is -2.60. The zero-order valence-corrected chi connectivity index (χ0v) is 22.2. The molecule has 4 N–H and O–H groups in total. The molecule has 0 spiro atoms. The van der Waals surface area contributed by atoms with Crippen LogP contribution in [-0.2, 0) is 23.8 Å². The van der Waals surface area contributed by atoms with Gasteiger partial charge in [-0.15, -0.1) is 0 Å². The number of aliphatic hydroxyl groups is 4. The van der Waals surface area contributed by atoms with Gasteiger partial charge in [0.25, 0.3) is 0 Å². The maximum Gasteiger partial charge on any atom is 0.344 e. The molecule has 1 heterocycles. The van der Waals surface area contributed by atoms with Crippen LogP contribution >= 0.6 is 0 Å². The number of carbonyl (C=O) groups is 2. The summed E-state index contributed by atoms with van der Waals surface area (Å²) in [5.41, 5.74) is 1.39. The smallest absolute Gasteiger partial charge is 0.344 e. The highest BCUT2D eigenvalue weighted by atomic mass is 16.7. The summed E-state index contributed by atoms with van der Waals surface area (Å²) in [6.07, 6.45) is -3.76. The van der Waals surface area contributed by atoms with Crippen LogP contribution in [0.3, 0.4) is 0 Å². The molecule has 3 rings (SSSR count). The zero-order chi connectivity index (χ0) is 29.1. The largest absolute Gasteiger partial charge is 0.482 e. The molecule has 0 radical (unpaired) electrons. The maximum absolute atomic E-state index is 11.8. The van der Waals surface area contributed by atoms with Crippen molar-refractivity contribution in [2.75, 3.05) is 33.0 Å². The average Bonchev–Trinajstić information content (AvgIpc) is 2.95. The third kappa shape index (κ3) is 8.93. The van der Waals surface area contributed by atoms with Crippen LogP contribution in [-0.4, -0.2) is 96.1 Å². The van der Waals surface area contributed by atoms with Crippen molar-refractivity contribution in [3.63, 3.8) is 0 Å². The fourth-order valence-corrected chi connectivity index (χ4v) is 3.70. The molecular formula is C28H34O12. The molecule has 0 aromatic heterocycles. The molecule has 1 aliphatic rings. The number of ether oxygens (including phenoxy) is 6. The van der Waals surface area contributed by atoms with Crippen molar-refractivity contribution < 1.29 is 58.4 Å². The molecule has 12 nitrogen and oxygen atoms in total. The van der Waals surface area contributed by atoms with Crippen molar-refractivity contribution in [2.45, 2.75) is 44.6 Å². The van der Waals surface area contributed by atoms with E-state index in [2.05, 4.69) is 0 Å². The third-order valence-electron chi connectivity index (χ3n) is 5.68. The van der Waals surface area contributed by atoms with Crippen LogP contribution in [0, 0.1) is 0 Å². The van der Waals surface area contributed by atoms with E-state index in [1.165, 1.54) is 6.07 Å². The number of esters is 2. The molecule has 12 heteroatoms. The van der Waals surface area contributed by atoms with Crippen LogP contribution in [0.2, 0.25) is 0 Å². The minimum Gasteiger partial charge on any atom is -0.482 e. The number of benzene rings is 2. The predicted molar refractivity (Wildman–Crippen MR) is 140 cm³/mol. The van der Waals surface area contributed by atoms with E-state index in [-0.39, 0.29) is 37.9 Å².